The predicted octanol–water partition coefficient (Wildman–Crippen LogP) is 4.44. The molecule has 0 aliphatic heterocycles. The van der Waals surface area contributed by atoms with Crippen molar-refractivity contribution in [2.45, 2.75) is 31.2 Å². The Labute approximate surface area is 162 Å². The number of benzene rings is 2. The van der Waals surface area contributed by atoms with Crippen molar-refractivity contribution in [2.24, 2.45) is 5.73 Å². The van der Waals surface area contributed by atoms with Gasteiger partial charge in [-0.1, -0.05) is 24.3 Å². The number of halogens is 2. The van der Waals surface area contributed by atoms with Crippen LogP contribution in [-0.4, -0.2) is 28.9 Å². The highest BCUT2D eigenvalue weighted by Gasteiger charge is 2.13. The Kier molecular flexibility index (Phi) is 6.14. The molecule has 3 rings (SSSR count). The van der Waals surface area contributed by atoms with Gasteiger partial charge in [0.2, 0.25) is 0 Å². The van der Waals surface area contributed by atoms with Crippen molar-refractivity contribution in [3.8, 4) is 11.1 Å². The number of fused-ring (bicyclic) bond motifs is 1. The molecule has 4 nitrogen and oxygen atoms in total. The number of hydrogen-bond acceptors (Lipinski definition) is 2. The van der Waals surface area contributed by atoms with Crippen molar-refractivity contribution in [1.82, 2.24) is 10.3 Å². The van der Waals surface area contributed by atoms with Gasteiger partial charge < -0.3 is 16.0 Å². The van der Waals surface area contributed by atoms with E-state index in [1.54, 1.807) is 12.1 Å². The van der Waals surface area contributed by atoms with Crippen LogP contribution in [0.15, 0.2) is 48.5 Å². The lowest BCUT2D eigenvalue weighted by Gasteiger charge is -2.11. The van der Waals surface area contributed by atoms with E-state index in [1.807, 2.05) is 31.2 Å². The maximum atomic E-state index is 13.1. The van der Waals surface area contributed by atoms with E-state index in [0.717, 1.165) is 34.9 Å². The average molecular weight is 388 g/mol. The quantitative estimate of drug-likeness (QED) is 0.524. The molecular weight excluding hydrogens is 365 g/mol. The highest BCUT2D eigenvalue weighted by molar-refractivity contribution is 6.21. The summed E-state index contributed by atoms with van der Waals surface area (Å²) in [7, 11) is 0. The molecule has 4 N–H and O–H groups in total. The number of hydrogen-bond donors (Lipinski definition) is 3. The highest BCUT2D eigenvalue weighted by atomic mass is 35.5. The van der Waals surface area contributed by atoms with Gasteiger partial charge in [0, 0.05) is 23.5 Å². The van der Waals surface area contributed by atoms with E-state index in [9.17, 15) is 9.18 Å². The third-order valence-electron chi connectivity index (χ3n) is 4.46. The number of alkyl halides is 1. The first kappa shape index (κ1) is 19.4. The number of nitrogens with two attached hydrogens (primary N) is 1. The number of amides is 1. The summed E-state index contributed by atoms with van der Waals surface area (Å²) in [6, 6.07) is 14.1. The standard InChI is InChI=1S/C21H23ClFN3O/c1-13(24)2-7-17(22)12-25-21(27)20-11-16-4-3-15(10-19(16)26-20)14-5-8-18(23)9-6-14/h3-6,8-11,13,17,26H,2,7,12,24H2,1H3,(H,25,27)/t13?,17-/m0/s1. The van der Waals surface area contributed by atoms with E-state index >= 15 is 0 Å². The number of rotatable bonds is 7. The number of aromatic amines is 1. The second-order valence-corrected chi connectivity index (χ2v) is 7.47. The van der Waals surface area contributed by atoms with Crippen molar-refractivity contribution in [1.29, 1.82) is 0 Å². The zero-order valence-electron chi connectivity index (χ0n) is 15.1. The molecule has 0 bridgehead atoms. The Morgan fingerprint density at radius 3 is 2.56 bits per heavy atom. The Balaban J connectivity index is 1.69. The molecule has 1 unspecified atom stereocenters. The van der Waals surface area contributed by atoms with E-state index in [1.165, 1.54) is 12.1 Å². The van der Waals surface area contributed by atoms with E-state index in [2.05, 4.69) is 10.3 Å². The third kappa shape index (κ3) is 5.08. The molecule has 1 heterocycles. The molecule has 1 aromatic heterocycles. The van der Waals surface area contributed by atoms with Crippen LogP contribution in [0.5, 0.6) is 0 Å². The topological polar surface area (TPSA) is 70.9 Å². The number of carbonyl (C=O) groups excluding carboxylic acids is 1. The first-order chi connectivity index (χ1) is 12.9. The molecule has 0 spiro atoms. The van der Waals surface area contributed by atoms with Crippen LogP contribution >= 0.6 is 11.6 Å². The minimum atomic E-state index is -0.267. The zero-order chi connectivity index (χ0) is 19.4. The average Bonchev–Trinajstić information content (AvgIpc) is 3.08. The third-order valence-corrected chi connectivity index (χ3v) is 4.84. The van der Waals surface area contributed by atoms with Gasteiger partial charge in [0.15, 0.2) is 0 Å². The zero-order valence-corrected chi connectivity index (χ0v) is 15.9. The summed E-state index contributed by atoms with van der Waals surface area (Å²) in [6.07, 6.45) is 1.58. The first-order valence-corrected chi connectivity index (χ1v) is 9.42. The van der Waals surface area contributed by atoms with Gasteiger partial charge in [-0.2, -0.15) is 0 Å². The minimum absolute atomic E-state index is 0.103. The fourth-order valence-corrected chi connectivity index (χ4v) is 3.12. The molecule has 2 atom stereocenters. The van der Waals surface area contributed by atoms with E-state index in [4.69, 9.17) is 17.3 Å². The van der Waals surface area contributed by atoms with Crippen molar-refractivity contribution in [2.75, 3.05) is 6.54 Å². The second kappa shape index (κ2) is 8.55. The van der Waals surface area contributed by atoms with Gasteiger partial charge in [-0.25, -0.2) is 4.39 Å². The molecule has 3 aromatic rings. The van der Waals surface area contributed by atoms with Crippen LogP contribution in [0.2, 0.25) is 0 Å². The summed E-state index contributed by atoms with van der Waals surface area (Å²) in [5, 5.41) is 3.64. The molecule has 0 aliphatic rings. The lowest BCUT2D eigenvalue weighted by Crippen LogP contribution is -2.30. The largest absolute Gasteiger partial charge is 0.351 e. The van der Waals surface area contributed by atoms with Crippen LogP contribution in [0.4, 0.5) is 4.39 Å². The maximum absolute atomic E-state index is 13.1. The molecule has 2 aromatic carbocycles. The van der Waals surface area contributed by atoms with Crippen molar-refractivity contribution >= 4 is 28.4 Å². The SMILES string of the molecule is CC(N)CC[C@H](Cl)CNC(=O)c1cc2ccc(-c3ccc(F)cc3)cc2[nH]1. The normalized spacial score (nSPS) is 13.5. The summed E-state index contributed by atoms with van der Waals surface area (Å²) < 4.78 is 13.1. The first-order valence-electron chi connectivity index (χ1n) is 8.99. The van der Waals surface area contributed by atoms with Gasteiger partial charge >= 0.3 is 0 Å². The van der Waals surface area contributed by atoms with E-state index < -0.39 is 0 Å². The van der Waals surface area contributed by atoms with Gasteiger partial charge in [-0.15, -0.1) is 11.6 Å². The van der Waals surface area contributed by atoms with Gasteiger partial charge in [0.1, 0.15) is 11.5 Å². The molecule has 0 radical (unpaired) electrons. The van der Waals surface area contributed by atoms with Gasteiger partial charge in [0.05, 0.1) is 5.38 Å². The van der Waals surface area contributed by atoms with Crippen molar-refractivity contribution in [3.05, 3.63) is 60.0 Å². The lowest BCUT2D eigenvalue weighted by atomic mass is 10.0. The molecular formula is C21H23ClFN3O. The summed E-state index contributed by atoms with van der Waals surface area (Å²) >= 11 is 6.23. The molecule has 0 aliphatic carbocycles. The smallest absolute Gasteiger partial charge is 0.267 e. The molecule has 0 saturated heterocycles. The van der Waals surface area contributed by atoms with Crippen LogP contribution < -0.4 is 11.1 Å². The summed E-state index contributed by atoms with van der Waals surface area (Å²) in [4.78, 5) is 15.5. The van der Waals surface area contributed by atoms with Gasteiger partial charge in [-0.05, 0) is 55.2 Å². The van der Waals surface area contributed by atoms with Gasteiger partial charge in [0.25, 0.3) is 5.91 Å². The summed E-state index contributed by atoms with van der Waals surface area (Å²) in [5.74, 6) is -0.460. The fraction of sp³-hybridized carbons (Fsp3) is 0.286. The maximum Gasteiger partial charge on any atom is 0.267 e. The predicted molar refractivity (Wildman–Crippen MR) is 109 cm³/mol. The number of aromatic nitrogens is 1. The molecule has 142 valence electrons. The van der Waals surface area contributed by atoms with Crippen molar-refractivity contribution in [3.63, 3.8) is 0 Å². The Hall–Kier alpha value is -2.37. The van der Waals surface area contributed by atoms with Gasteiger partial charge in [-0.3, -0.25) is 4.79 Å². The van der Waals surface area contributed by atoms with Crippen LogP contribution in [-0.2, 0) is 0 Å². The lowest BCUT2D eigenvalue weighted by molar-refractivity contribution is 0.0949. The minimum Gasteiger partial charge on any atom is -0.351 e. The Morgan fingerprint density at radius 1 is 1.15 bits per heavy atom. The summed E-state index contributed by atoms with van der Waals surface area (Å²) in [5.41, 5.74) is 8.92. The fourth-order valence-electron chi connectivity index (χ4n) is 2.92. The number of nitrogens with one attached hydrogen (secondary N) is 2. The molecule has 0 saturated carbocycles. The summed E-state index contributed by atoms with van der Waals surface area (Å²) in [6.45, 7) is 2.33. The Bertz CT molecular complexity index is 921. The highest BCUT2D eigenvalue weighted by Crippen LogP contribution is 2.25. The second-order valence-electron chi connectivity index (χ2n) is 6.85. The van der Waals surface area contributed by atoms with Crippen molar-refractivity contribution < 1.29 is 9.18 Å². The number of carbonyl (C=O) groups is 1. The molecule has 6 heteroatoms. The van der Waals surface area contributed by atoms with Crippen LogP contribution in [0.25, 0.3) is 22.0 Å². The Morgan fingerprint density at radius 2 is 1.85 bits per heavy atom. The molecule has 1 amide bonds. The monoisotopic (exact) mass is 387 g/mol. The molecule has 0 fully saturated rings. The number of H-pyrrole nitrogens is 1. The van der Waals surface area contributed by atoms with Crippen LogP contribution in [0, 0.1) is 5.82 Å². The van der Waals surface area contributed by atoms with E-state index in [0.29, 0.717) is 12.2 Å². The molecule has 27 heavy (non-hydrogen) atoms. The van der Waals surface area contributed by atoms with E-state index in [-0.39, 0.29) is 23.1 Å². The van der Waals surface area contributed by atoms with Crippen LogP contribution in [0.1, 0.15) is 30.3 Å². The van der Waals surface area contributed by atoms with Crippen LogP contribution in [0.3, 0.4) is 0 Å².